The molecule has 0 saturated carbocycles. The molecule has 0 fully saturated rings. The van der Waals surface area contributed by atoms with Crippen LogP contribution in [0.25, 0.3) is 5.69 Å². The van der Waals surface area contributed by atoms with Gasteiger partial charge in [-0.05, 0) is 56.2 Å². The minimum atomic E-state index is -0.572. The first-order valence-corrected chi connectivity index (χ1v) is 13.3. The summed E-state index contributed by atoms with van der Waals surface area (Å²) in [6.45, 7) is 5.67. The molecule has 1 heterocycles. The molecule has 202 valence electrons. The standard InChI is InChI=1S/C28H29FN6O3S/c1-28(2,3)31-26(36)30-24(17-19-7-5-4-6-8-19)25-32-33-27(39-18-20-9-11-21(29)12-10-20)34(25)22-13-15-23(16-14-22)35(37)38/h4-16,24H,17-18H2,1-3H3,(H2,30,31,36). The average molecular weight is 549 g/mol. The van der Waals surface area contributed by atoms with E-state index in [1.54, 1.807) is 28.8 Å². The van der Waals surface area contributed by atoms with Crippen molar-refractivity contribution in [3.05, 3.63) is 112 Å². The molecule has 1 atom stereocenters. The Kier molecular flexibility index (Phi) is 8.60. The van der Waals surface area contributed by atoms with E-state index in [1.165, 1.54) is 36.0 Å². The minimum absolute atomic E-state index is 0.0441. The SMILES string of the molecule is CC(C)(C)NC(=O)NC(Cc1ccccc1)c1nnc(SCc2ccc(F)cc2)n1-c1ccc([N+](=O)[O-])cc1. The zero-order chi connectivity index (χ0) is 28.0. The fourth-order valence-corrected chi connectivity index (χ4v) is 4.80. The number of carbonyl (C=O) groups excluding carboxylic acids is 1. The van der Waals surface area contributed by atoms with Crippen molar-refractivity contribution in [1.82, 2.24) is 25.4 Å². The smallest absolute Gasteiger partial charge is 0.315 e. The number of hydrogen-bond acceptors (Lipinski definition) is 6. The number of amides is 2. The zero-order valence-corrected chi connectivity index (χ0v) is 22.6. The number of thioether (sulfide) groups is 1. The molecule has 2 amide bonds. The Morgan fingerprint density at radius 1 is 1.00 bits per heavy atom. The second-order valence-corrected chi connectivity index (χ2v) is 10.9. The van der Waals surface area contributed by atoms with Gasteiger partial charge in [-0.2, -0.15) is 0 Å². The van der Waals surface area contributed by atoms with Gasteiger partial charge in [0.2, 0.25) is 0 Å². The third kappa shape index (κ3) is 7.64. The molecule has 0 aliphatic carbocycles. The fraction of sp³-hybridized carbons (Fsp3) is 0.250. The number of aromatic nitrogens is 3. The third-order valence-corrected chi connectivity index (χ3v) is 6.65. The van der Waals surface area contributed by atoms with Crippen LogP contribution in [0.15, 0.2) is 84.0 Å². The van der Waals surface area contributed by atoms with Crippen molar-refractivity contribution >= 4 is 23.5 Å². The second-order valence-electron chi connectivity index (χ2n) is 9.96. The first-order valence-electron chi connectivity index (χ1n) is 12.3. The maximum Gasteiger partial charge on any atom is 0.315 e. The topological polar surface area (TPSA) is 115 Å². The lowest BCUT2D eigenvalue weighted by Gasteiger charge is -2.25. The van der Waals surface area contributed by atoms with Gasteiger partial charge < -0.3 is 10.6 Å². The summed E-state index contributed by atoms with van der Waals surface area (Å²) in [4.78, 5) is 23.7. The minimum Gasteiger partial charge on any atom is -0.334 e. The Bertz CT molecular complexity index is 1420. The van der Waals surface area contributed by atoms with E-state index in [-0.39, 0.29) is 17.5 Å². The fourth-order valence-electron chi connectivity index (χ4n) is 3.89. The van der Waals surface area contributed by atoms with Crippen LogP contribution < -0.4 is 10.6 Å². The number of hydrogen-bond donors (Lipinski definition) is 2. The van der Waals surface area contributed by atoms with Crippen LogP contribution in [0.2, 0.25) is 0 Å². The molecule has 0 aliphatic heterocycles. The van der Waals surface area contributed by atoms with Gasteiger partial charge in [-0.15, -0.1) is 10.2 Å². The first-order chi connectivity index (χ1) is 18.6. The predicted molar refractivity (Wildman–Crippen MR) is 148 cm³/mol. The highest BCUT2D eigenvalue weighted by atomic mass is 32.2. The highest BCUT2D eigenvalue weighted by Gasteiger charge is 2.26. The summed E-state index contributed by atoms with van der Waals surface area (Å²) in [7, 11) is 0. The van der Waals surface area contributed by atoms with Crippen LogP contribution in [0.5, 0.6) is 0 Å². The zero-order valence-electron chi connectivity index (χ0n) is 21.8. The van der Waals surface area contributed by atoms with E-state index in [9.17, 15) is 19.3 Å². The average Bonchev–Trinajstić information content (AvgIpc) is 3.31. The van der Waals surface area contributed by atoms with Crippen molar-refractivity contribution in [3.63, 3.8) is 0 Å². The van der Waals surface area contributed by atoms with Crippen molar-refractivity contribution in [1.29, 1.82) is 0 Å². The molecule has 39 heavy (non-hydrogen) atoms. The Morgan fingerprint density at radius 2 is 1.67 bits per heavy atom. The first kappa shape index (κ1) is 27.8. The number of nitro benzene ring substituents is 1. The van der Waals surface area contributed by atoms with Gasteiger partial charge in [0.1, 0.15) is 5.82 Å². The highest BCUT2D eigenvalue weighted by molar-refractivity contribution is 7.98. The molecule has 0 spiro atoms. The van der Waals surface area contributed by atoms with Crippen LogP contribution in [-0.2, 0) is 12.2 Å². The molecule has 9 nitrogen and oxygen atoms in total. The van der Waals surface area contributed by atoms with Gasteiger partial charge in [-0.1, -0.05) is 54.2 Å². The van der Waals surface area contributed by atoms with Gasteiger partial charge in [0, 0.05) is 35.5 Å². The number of carbonyl (C=O) groups is 1. The summed E-state index contributed by atoms with van der Waals surface area (Å²) in [6, 6.07) is 21.1. The number of nitrogens with zero attached hydrogens (tertiary/aromatic N) is 4. The number of rotatable bonds is 9. The van der Waals surface area contributed by atoms with Crippen LogP contribution in [0, 0.1) is 15.9 Å². The van der Waals surface area contributed by atoms with E-state index in [1.807, 2.05) is 51.1 Å². The lowest BCUT2D eigenvalue weighted by Crippen LogP contribution is -2.48. The molecule has 4 rings (SSSR count). The Labute approximate surface area is 230 Å². The molecule has 0 aliphatic rings. The molecule has 2 N–H and O–H groups in total. The molecular weight excluding hydrogens is 519 g/mol. The quantitative estimate of drug-likeness (QED) is 0.151. The summed E-state index contributed by atoms with van der Waals surface area (Å²) in [5.74, 6) is 0.647. The number of nitrogens with one attached hydrogen (secondary N) is 2. The van der Waals surface area contributed by atoms with Crippen LogP contribution in [-0.4, -0.2) is 31.3 Å². The van der Waals surface area contributed by atoms with Crippen molar-refractivity contribution in [2.45, 2.75) is 49.7 Å². The Hall–Kier alpha value is -4.25. The van der Waals surface area contributed by atoms with Gasteiger partial charge in [0.25, 0.3) is 5.69 Å². The maximum atomic E-state index is 13.4. The summed E-state index contributed by atoms with van der Waals surface area (Å²) in [5.41, 5.74) is 1.99. The normalized spacial score (nSPS) is 12.1. The van der Waals surface area contributed by atoms with Gasteiger partial charge >= 0.3 is 6.03 Å². The number of urea groups is 1. The molecule has 1 aromatic heterocycles. The van der Waals surface area contributed by atoms with Crippen molar-refractivity contribution < 1.29 is 14.1 Å². The van der Waals surface area contributed by atoms with Crippen LogP contribution in [0.4, 0.5) is 14.9 Å². The summed E-state index contributed by atoms with van der Waals surface area (Å²) in [6.07, 6.45) is 0.437. The van der Waals surface area contributed by atoms with E-state index in [0.717, 1.165) is 11.1 Å². The van der Waals surface area contributed by atoms with Gasteiger partial charge in [0.15, 0.2) is 11.0 Å². The van der Waals surface area contributed by atoms with Crippen molar-refractivity contribution in [2.75, 3.05) is 0 Å². The van der Waals surface area contributed by atoms with Gasteiger partial charge in [-0.25, -0.2) is 9.18 Å². The van der Waals surface area contributed by atoms with E-state index in [2.05, 4.69) is 20.8 Å². The van der Waals surface area contributed by atoms with Crippen LogP contribution >= 0.6 is 11.8 Å². The van der Waals surface area contributed by atoms with E-state index in [0.29, 0.717) is 28.8 Å². The van der Waals surface area contributed by atoms with Crippen LogP contribution in [0.1, 0.15) is 43.8 Å². The number of benzene rings is 3. The molecule has 0 radical (unpaired) electrons. The summed E-state index contributed by atoms with van der Waals surface area (Å²) >= 11 is 1.39. The summed E-state index contributed by atoms with van der Waals surface area (Å²) in [5, 5.41) is 26.6. The summed E-state index contributed by atoms with van der Waals surface area (Å²) < 4.78 is 15.2. The Balaban J connectivity index is 1.74. The molecule has 11 heteroatoms. The lowest BCUT2D eigenvalue weighted by molar-refractivity contribution is -0.384. The number of nitro groups is 1. The largest absolute Gasteiger partial charge is 0.334 e. The maximum absolute atomic E-state index is 13.4. The third-order valence-electron chi connectivity index (χ3n) is 5.65. The van der Waals surface area contributed by atoms with Gasteiger partial charge in [-0.3, -0.25) is 14.7 Å². The lowest BCUT2D eigenvalue weighted by atomic mass is 10.0. The van der Waals surface area contributed by atoms with E-state index < -0.39 is 16.5 Å². The Morgan fingerprint density at radius 3 is 2.28 bits per heavy atom. The van der Waals surface area contributed by atoms with Crippen molar-refractivity contribution in [3.8, 4) is 5.69 Å². The highest BCUT2D eigenvalue weighted by Crippen LogP contribution is 2.30. The monoisotopic (exact) mass is 548 g/mol. The van der Waals surface area contributed by atoms with E-state index in [4.69, 9.17) is 0 Å². The second kappa shape index (κ2) is 12.1. The molecular formula is C28H29FN6O3S. The molecule has 0 saturated heterocycles. The predicted octanol–water partition coefficient (Wildman–Crippen LogP) is 5.99. The molecule has 4 aromatic rings. The molecule has 0 bridgehead atoms. The van der Waals surface area contributed by atoms with E-state index >= 15 is 0 Å². The van der Waals surface area contributed by atoms with Crippen molar-refractivity contribution in [2.24, 2.45) is 0 Å². The van der Waals surface area contributed by atoms with Crippen LogP contribution in [0.3, 0.4) is 0 Å². The number of non-ortho nitro benzene ring substituents is 1. The molecule has 1 unspecified atom stereocenters. The number of halogens is 1. The molecule has 3 aromatic carbocycles. The van der Waals surface area contributed by atoms with Gasteiger partial charge in [0.05, 0.1) is 11.0 Å².